The summed E-state index contributed by atoms with van der Waals surface area (Å²) in [5.74, 6) is -0.354. The molecule has 144 valence electrons. The van der Waals surface area contributed by atoms with Crippen LogP contribution in [0, 0.1) is 13.8 Å². The van der Waals surface area contributed by atoms with Gasteiger partial charge in [-0.3, -0.25) is 4.79 Å². The molecule has 2 aromatic carbocycles. The maximum Gasteiger partial charge on any atom is 0.243 e. The Hall–Kier alpha value is -2.18. The standard InChI is InChI=1S/C21H26N2O3S/c1-15-8-9-16(2)20(12-15)22-21(24)14-23(3)27(25,26)19-11-10-17-6-4-5-7-18(17)13-19/h8-13H,4-7,14H2,1-3H3,(H,22,24). The first-order valence-corrected chi connectivity index (χ1v) is 10.7. The molecule has 6 heteroatoms. The number of carbonyl (C=O) groups is 1. The Morgan fingerprint density at radius 2 is 1.74 bits per heavy atom. The zero-order valence-electron chi connectivity index (χ0n) is 16.1. The first-order valence-electron chi connectivity index (χ1n) is 9.22. The number of sulfonamides is 1. The van der Waals surface area contributed by atoms with Crippen LogP contribution in [0.4, 0.5) is 5.69 Å². The maximum absolute atomic E-state index is 12.9. The van der Waals surface area contributed by atoms with Crippen molar-refractivity contribution in [3.63, 3.8) is 0 Å². The van der Waals surface area contributed by atoms with E-state index in [1.165, 1.54) is 12.6 Å². The Balaban J connectivity index is 1.73. The second-order valence-electron chi connectivity index (χ2n) is 7.27. The zero-order chi connectivity index (χ0) is 19.6. The molecule has 1 N–H and O–H groups in total. The molecule has 0 unspecified atom stereocenters. The molecule has 0 spiro atoms. The number of fused-ring (bicyclic) bond motifs is 1. The van der Waals surface area contributed by atoms with E-state index in [1.54, 1.807) is 12.1 Å². The molecule has 1 aliphatic carbocycles. The molecular formula is C21H26N2O3S. The highest BCUT2D eigenvalue weighted by atomic mass is 32.2. The minimum absolute atomic E-state index is 0.229. The van der Waals surface area contributed by atoms with Crippen LogP contribution < -0.4 is 5.32 Å². The molecule has 0 atom stereocenters. The largest absolute Gasteiger partial charge is 0.325 e. The Labute approximate surface area is 161 Å². The number of anilines is 1. The molecule has 2 aromatic rings. The zero-order valence-corrected chi connectivity index (χ0v) is 16.9. The topological polar surface area (TPSA) is 66.5 Å². The van der Waals surface area contributed by atoms with Gasteiger partial charge in [0.05, 0.1) is 11.4 Å². The van der Waals surface area contributed by atoms with Gasteiger partial charge in [0.25, 0.3) is 0 Å². The molecule has 1 amide bonds. The lowest BCUT2D eigenvalue weighted by Crippen LogP contribution is -2.35. The van der Waals surface area contributed by atoms with Crippen molar-refractivity contribution in [1.29, 1.82) is 0 Å². The fourth-order valence-corrected chi connectivity index (χ4v) is 4.58. The third-order valence-corrected chi connectivity index (χ3v) is 6.86. The Kier molecular flexibility index (Phi) is 5.67. The van der Waals surface area contributed by atoms with Crippen molar-refractivity contribution < 1.29 is 13.2 Å². The summed E-state index contributed by atoms with van der Waals surface area (Å²) in [4.78, 5) is 12.6. The van der Waals surface area contributed by atoms with E-state index >= 15 is 0 Å². The van der Waals surface area contributed by atoms with E-state index in [0.717, 1.165) is 46.7 Å². The number of aryl methyl sites for hydroxylation is 4. The summed E-state index contributed by atoms with van der Waals surface area (Å²) in [7, 11) is -2.26. The molecule has 0 aromatic heterocycles. The van der Waals surface area contributed by atoms with Crippen LogP contribution in [-0.4, -0.2) is 32.2 Å². The molecule has 0 saturated carbocycles. The summed E-state index contributed by atoms with van der Waals surface area (Å²) in [6.45, 7) is 3.62. The number of nitrogens with one attached hydrogen (secondary N) is 1. The van der Waals surface area contributed by atoms with Crippen LogP contribution in [0.3, 0.4) is 0 Å². The lowest BCUT2D eigenvalue weighted by molar-refractivity contribution is -0.116. The van der Waals surface area contributed by atoms with Crippen LogP contribution >= 0.6 is 0 Å². The van der Waals surface area contributed by atoms with Gasteiger partial charge in [-0.2, -0.15) is 4.31 Å². The summed E-state index contributed by atoms with van der Waals surface area (Å²) in [5.41, 5.74) is 5.02. The molecule has 27 heavy (non-hydrogen) atoms. The minimum Gasteiger partial charge on any atom is -0.325 e. The molecule has 0 saturated heterocycles. The fourth-order valence-electron chi connectivity index (χ4n) is 3.40. The predicted octanol–water partition coefficient (Wildman–Crippen LogP) is 3.44. The first kappa shape index (κ1) is 19.6. The molecule has 0 heterocycles. The summed E-state index contributed by atoms with van der Waals surface area (Å²) in [6.07, 6.45) is 4.15. The third kappa shape index (κ3) is 4.39. The predicted molar refractivity (Wildman–Crippen MR) is 107 cm³/mol. The van der Waals surface area contributed by atoms with Gasteiger partial charge in [0, 0.05) is 12.7 Å². The number of amides is 1. The number of carbonyl (C=O) groups excluding carboxylic acids is 1. The molecule has 0 aliphatic heterocycles. The Morgan fingerprint density at radius 3 is 2.48 bits per heavy atom. The van der Waals surface area contributed by atoms with Crippen molar-refractivity contribution >= 4 is 21.6 Å². The molecule has 0 radical (unpaired) electrons. The number of nitrogens with zero attached hydrogens (tertiary/aromatic N) is 1. The smallest absolute Gasteiger partial charge is 0.243 e. The number of rotatable bonds is 5. The van der Waals surface area contributed by atoms with Crippen molar-refractivity contribution in [3.05, 3.63) is 58.7 Å². The molecule has 0 bridgehead atoms. The van der Waals surface area contributed by atoms with E-state index in [0.29, 0.717) is 5.69 Å². The van der Waals surface area contributed by atoms with Crippen molar-refractivity contribution in [2.75, 3.05) is 18.9 Å². The average Bonchev–Trinajstić information content (AvgIpc) is 2.64. The van der Waals surface area contributed by atoms with Crippen molar-refractivity contribution in [3.8, 4) is 0 Å². The summed E-state index contributed by atoms with van der Waals surface area (Å²) in [6, 6.07) is 11.1. The number of benzene rings is 2. The van der Waals surface area contributed by atoms with Crippen LogP contribution in [0.15, 0.2) is 41.3 Å². The van der Waals surface area contributed by atoms with Gasteiger partial charge >= 0.3 is 0 Å². The Morgan fingerprint density at radius 1 is 1.04 bits per heavy atom. The van der Waals surface area contributed by atoms with Crippen molar-refractivity contribution in [2.24, 2.45) is 0 Å². The normalized spacial score (nSPS) is 14.1. The fraction of sp³-hybridized carbons (Fsp3) is 0.381. The quantitative estimate of drug-likeness (QED) is 0.856. The lowest BCUT2D eigenvalue weighted by atomic mass is 9.92. The summed E-state index contributed by atoms with van der Waals surface area (Å²) < 4.78 is 26.9. The average molecular weight is 387 g/mol. The second-order valence-corrected chi connectivity index (χ2v) is 9.31. The Bertz CT molecular complexity index is 967. The van der Waals surface area contributed by atoms with Crippen molar-refractivity contribution in [2.45, 2.75) is 44.4 Å². The van der Waals surface area contributed by atoms with Crippen LogP contribution in [-0.2, 0) is 27.7 Å². The van der Waals surface area contributed by atoms with E-state index in [9.17, 15) is 13.2 Å². The number of hydrogen-bond donors (Lipinski definition) is 1. The van der Waals surface area contributed by atoms with E-state index in [-0.39, 0.29) is 17.3 Å². The van der Waals surface area contributed by atoms with Gasteiger partial charge in [0.2, 0.25) is 15.9 Å². The van der Waals surface area contributed by atoms with Gasteiger partial charge in [-0.25, -0.2) is 8.42 Å². The SMILES string of the molecule is Cc1ccc(C)c(NC(=O)CN(C)S(=O)(=O)c2ccc3c(c2)CCCC3)c1. The second kappa shape index (κ2) is 7.82. The van der Waals surface area contributed by atoms with E-state index in [2.05, 4.69) is 5.32 Å². The summed E-state index contributed by atoms with van der Waals surface area (Å²) >= 11 is 0. The van der Waals surface area contributed by atoms with E-state index in [4.69, 9.17) is 0 Å². The number of hydrogen-bond acceptors (Lipinski definition) is 3. The van der Waals surface area contributed by atoms with E-state index in [1.807, 2.05) is 38.1 Å². The minimum atomic E-state index is -3.71. The number of likely N-dealkylation sites (N-methyl/N-ethyl adjacent to an activating group) is 1. The molecular weight excluding hydrogens is 360 g/mol. The van der Waals surface area contributed by atoms with Gasteiger partial charge in [0.1, 0.15) is 0 Å². The molecule has 1 aliphatic rings. The van der Waals surface area contributed by atoms with Gasteiger partial charge in [-0.1, -0.05) is 18.2 Å². The summed E-state index contributed by atoms with van der Waals surface area (Å²) in [5, 5.41) is 2.81. The highest BCUT2D eigenvalue weighted by molar-refractivity contribution is 7.89. The molecule has 5 nitrogen and oxygen atoms in total. The maximum atomic E-state index is 12.9. The molecule has 0 fully saturated rings. The van der Waals surface area contributed by atoms with Crippen molar-refractivity contribution in [1.82, 2.24) is 4.31 Å². The lowest BCUT2D eigenvalue weighted by Gasteiger charge is -2.20. The highest BCUT2D eigenvalue weighted by Crippen LogP contribution is 2.25. The monoisotopic (exact) mass is 386 g/mol. The highest BCUT2D eigenvalue weighted by Gasteiger charge is 2.24. The third-order valence-electron chi connectivity index (χ3n) is 5.06. The molecule has 3 rings (SSSR count). The van der Waals surface area contributed by atoms with Crippen LogP contribution in [0.1, 0.15) is 35.1 Å². The van der Waals surface area contributed by atoms with E-state index < -0.39 is 10.0 Å². The van der Waals surface area contributed by atoms with Gasteiger partial charge in [0.15, 0.2) is 0 Å². The van der Waals surface area contributed by atoms with Crippen LogP contribution in [0.2, 0.25) is 0 Å². The van der Waals surface area contributed by atoms with Gasteiger partial charge < -0.3 is 5.32 Å². The van der Waals surface area contributed by atoms with Gasteiger partial charge in [-0.05, 0) is 80.0 Å². The van der Waals surface area contributed by atoms with Crippen LogP contribution in [0.5, 0.6) is 0 Å². The van der Waals surface area contributed by atoms with Crippen LogP contribution in [0.25, 0.3) is 0 Å². The van der Waals surface area contributed by atoms with Gasteiger partial charge in [-0.15, -0.1) is 0 Å². The first-order chi connectivity index (χ1) is 12.8.